The molecule has 0 saturated carbocycles. The van der Waals surface area contributed by atoms with Gasteiger partial charge in [0.1, 0.15) is 0 Å². The van der Waals surface area contributed by atoms with Gasteiger partial charge in [-0.15, -0.1) is 0 Å². The molecule has 5 heteroatoms. The average molecular weight is 296 g/mol. The van der Waals surface area contributed by atoms with E-state index in [1.807, 2.05) is 24.3 Å². The van der Waals surface area contributed by atoms with Gasteiger partial charge in [-0.3, -0.25) is 4.31 Å². The van der Waals surface area contributed by atoms with Crippen LogP contribution in [0.5, 0.6) is 0 Å². The van der Waals surface area contributed by atoms with Crippen molar-refractivity contribution in [1.82, 2.24) is 5.32 Å². The lowest BCUT2D eigenvalue weighted by molar-refractivity contribution is 0.397. The third-order valence-electron chi connectivity index (χ3n) is 3.51. The summed E-state index contributed by atoms with van der Waals surface area (Å²) in [5, 5.41) is 3.27. The van der Waals surface area contributed by atoms with Crippen LogP contribution in [0.3, 0.4) is 0 Å². The lowest BCUT2D eigenvalue weighted by atomic mass is 9.94. The quantitative estimate of drug-likeness (QED) is 0.931. The van der Waals surface area contributed by atoms with E-state index >= 15 is 0 Å². The number of sulfonamides is 1. The first-order chi connectivity index (χ1) is 9.30. The van der Waals surface area contributed by atoms with Gasteiger partial charge in [0.05, 0.1) is 11.4 Å². The second-order valence-electron chi connectivity index (χ2n) is 6.50. The Morgan fingerprint density at radius 3 is 2.65 bits per heavy atom. The summed E-state index contributed by atoms with van der Waals surface area (Å²) >= 11 is 0. The van der Waals surface area contributed by atoms with Crippen LogP contribution in [0.1, 0.15) is 32.8 Å². The van der Waals surface area contributed by atoms with Crippen molar-refractivity contribution in [3.8, 4) is 0 Å². The lowest BCUT2D eigenvalue weighted by Crippen LogP contribution is -2.37. The van der Waals surface area contributed by atoms with E-state index in [1.54, 1.807) is 4.31 Å². The zero-order valence-corrected chi connectivity index (χ0v) is 13.3. The number of benzene rings is 1. The highest BCUT2D eigenvalue weighted by molar-refractivity contribution is 7.92. The number of anilines is 1. The Labute approximate surface area is 122 Å². The molecule has 0 saturated heterocycles. The first-order valence-electron chi connectivity index (χ1n) is 7.09. The molecule has 1 heterocycles. The van der Waals surface area contributed by atoms with E-state index in [0.717, 1.165) is 17.8 Å². The Morgan fingerprint density at radius 2 is 1.95 bits per heavy atom. The summed E-state index contributed by atoms with van der Waals surface area (Å²) in [7, 11) is -3.26. The Bertz CT molecular complexity index is 561. The fourth-order valence-electron chi connectivity index (χ4n) is 2.26. The molecule has 0 bridgehead atoms. The van der Waals surface area contributed by atoms with Crippen LogP contribution in [0.4, 0.5) is 5.69 Å². The second-order valence-corrected chi connectivity index (χ2v) is 8.52. The normalized spacial score (nSPS) is 16.6. The van der Waals surface area contributed by atoms with Gasteiger partial charge < -0.3 is 5.32 Å². The maximum atomic E-state index is 12.6. The Balaban J connectivity index is 2.27. The highest BCUT2D eigenvalue weighted by Gasteiger charge is 2.27. The SMILES string of the molecule is CC(C)(C)CCS(=O)(=O)N1CCNCc2ccccc21. The molecule has 0 radical (unpaired) electrons. The van der Waals surface area contributed by atoms with Crippen LogP contribution in [0.25, 0.3) is 0 Å². The third-order valence-corrected chi connectivity index (χ3v) is 5.28. The van der Waals surface area contributed by atoms with Crippen LogP contribution in [-0.4, -0.2) is 27.3 Å². The maximum absolute atomic E-state index is 12.6. The summed E-state index contributed by atoms with van der Waals surface area (Å²) in [6.45, 7) is 8.12. The second kappa shape index (κ2) is 5.74. The van der Waals surface area contributed by atoms with Crippen molar-refractivity contribution in [3.05, 3.63) is 29.8 Å². The van der Waals surface area contributed by atoms with Gasteiger partial charge in [0.15, 0.2) is 0 Å². The predicted octanol–water partition coefficient (Wildman–Crippen LogP) is 2.36. The molecule has 0 fully saturated rings. The molecule has 2 rings (SSSR count). The minimum Gasteiger partial charge on any atom is -0.311 e. The minimum atomic E-state index is -3.26. The van der Waals surface area contributed by atoms with Crippen molar-refractivity contribution in [2.45, 2.75) is 33.7 Å². The van der Waals surface area contributed by atoms with Crippen LogP contribution < -0.4 is 9.62 Å². The van der Waals surface area contributed by atoms with Crippen molar-refractivity contribution in [2.75, 3.05) is 23.1 Å². The molecule has 0 aliphatic carbocycles. The van der Waals surface area contributed by atoms with Crippen molar-refractivity contribution in [3.63, 3.8) is 0 Å². The molecule has 1 aromatic carbocycles. The predicted molar refractivity (Wildman–Crippen MR) is 83.4 cm³/mol. The van der Waals surface area contributed by atoms with Gasteiger partial charge in [-0.1, -0.05) is 39.0 Å². The lowest BCUT2D eigenvalue weighted by Gasteiger charge is -2.26. The van der Waals surface area contributed by atoms with Gasteiger partial charge in [-0.05, 0) is 23.5 Å². The van der Waals surface area contributed by atoms with Gasteiger partial charge in [0, 0.05) is 19.6 Å². The third kappa shape index (κ3) is 3.73. The number of nitrogens with zero attached hydrogens (tertiary/aromatic N) is 1. The van der Waals surface area contributed by atoms with E-state index in [2.05, 4.69) is 26.1 Å². The molecular weight excluding hydrogens is 272 g/mol. The summed E-state index contributed by atoms with van der Waals surface area (Å²) < 4.78 is 26.9. The van der Waals surface area contributed by atoms with E-state index in [9.17, 15) is 8.42 Å². The number of nitrogens with one attached hydrogen (secondary N) is 1. The molecule has 0 spiro atoms. The van der Waals surface area contributed by atoms with Gasteiger partial charge in [-0.2, -0.15) is 0 Å². The van der Waals surface area contributed by atoms with Crippen LogP contribution in [0.2, 0.25) is 0 Å². The van der Waals surface area contributed by atoms with Crippen LogP contribution in [0.15, 0.2) is 24.3 Å². The van der Waals surface area contributed by atoms with Gasteiger partial charge in [-0.25, -0.2) is 8.42 Å². The summed E-state index contributed by atoms with van der Waals surface area (Å²) in [6.07, 6.45) is 0.668. The molecular formula is C15H24N2O2S. The molecule has 1 aliphatic rings. The fourth-order valence-corrected chi connectivity index (χ4v) is 4.20. The summed E-state index contributed by atoms with van der Waals surface area (Å²) in [5.41, 5.74) is 1.90. The zero-order chi connectivity index (χ0) is 14.8. The van der Waals surface area contributed by atoms with Crippen molar-refractivity contribution in [2.24, 2.45) is 5.41 Å². The van der Waals surface area contributed by atoms with Crippen molar-refractivity contribution < 1.29 is 8.42 Å². The molecule has 20 heavy (non-hydrogen) atoms. The zero-order valence-electron chi connectivity index (χ0n) is 12.5. The molecule has 1 aromatic rings. The van der Waals surface area contributed by atoms with Crippen LogP contribution in [-0.2, 0) is 16.6 Å². The number of hydrogen-bond acceptors (Lipinski definition) is 3. The first kappa shape index (κ1) is 15.3. The summed E-state index contributed by atoms with van der Waals surface area (Å²) in [6, 6.07) is 7.74. The average Bonchev–Trinajstić information content (AvgIpc) is 2.58. The molecule has 0 atom stereocenters. The molecule has 1 aliphatic heterocycles. The molecule has 4 nitrogen and oxygen atoms in total. The Kier molecular flexibility index (Phi) is 4.39. The highest BCUT2D eigenvalue weighted by Crippen LogP contribution is 2.27. The smallest absolute Gasteiger partial charge is 0.235 e. The van der Waals surface area contributed by atoms with E-state index in [0.29, 0.717) is 19.5 Å². The fraction of sp³-hybridized carbons (Fsp3) is 0.600. The van der Waals surface area contributed by atoms with Gasteiger partial charge in [0.2, 0.25) is 10.0 Å². The topological polar surface area (TPSA) is 49.4 Å². The highest BCUT2D eigenvalue weighted by atomic mass is 32.2. The number of para-hydroxylation sites is 1. The largest absolute Gasteiger partial charge is 0.311 e. The van der Waals surface area contributed by atoms with Gasteiger partial charge in [0.25, 0.3) is 0 Å². The number of rotatable bonds is 3. The molecule has 0 aromatic heterocycles. The molecule has 0 unspecified atom stereocenters. The molecule has 112 valence electrons. The number of hydrogen-bond donors (Lipinski definition) is 1. The maximum Gasteiger partial charge on any atom is 0.235 e. The van der Waals surface area contributed by atoms with Crippen molar-refractivity contribution in [1.29, 1.82) is 0 Å². The monoisotopic (exact) mass is 296 g/mol. The summed E-state index contributed by atoms with van der Waals surface area (Å²) in [5.74, 6) is 0.199. The van der Waals surface area contributed by atoms with Crippen LogP contribution in [0, 0.1) is 5.41 Å². The Morgan fingerprint density at radius 1 is 1.25 bits per heavy atom. The summed E-state index contributed by atoms with van der Waals surface area (Å²) in [4.78, 5) is 0. The standard InChI is InChI=1S/C15H24N2O2S/c1-15(2,3)8-11-20(18,19)17-10-9-16-12-13-6-4-5-7-14(13)17/h4-7,16H,8-12H2,1-3H3. The number of fused-ring (bicyclic) bond motifs is 1. The van der Waals surface area contributed by atoms with E-state index in [1.165, 1.54) is 0 Å². The van der Waals surface area contributed by atoms with E-state index in [-0.39, 0.29) is 11.2 Å². The van der Waals surface area contributed by atoms with Crippen molar-refractivity contribution >= 4 is 15.7 Å². The van der Waals surface area contributed by atoms with Gasteiger partial charge >= 0.3 is 0 Å². The minimum absolute atomic E-state index is 0.0245. The van der Waals surface area contributed by atoms with E-state index in [4.69, 9.17) is 0 Å². The first-order valence-corrected chi connectivity index (χ1v) is 8.70. The van der Waals surface area contributed by atoms with Crippen LogP contribution >= 0.6 is 0 Å². The van der Waals surface area contributed by atoms with E-state index < -0.39 is 10.0 Å². The Hall–Kier alpha value is -1.07. The molecule has 1 N–H and O–H groups in total. The molecule has 0 amide bonds.